The number of anilines is 1. The molecule has 9 nitrogen and oxygen atoms in total. The van der Waals surface area contributed by atoms with Gasteiger partial charge in [-0.05, 0) is 32.0 Å². The van der Waals surface area contributed by atoms with Crippen LogP contribution in [-0.2, 0) is 0 Å². The van der Waals surface area contributed by atoms with Gasteiger partial charge in [0.2, 0.25) is 5.88 Å². The van der Waals surface area contributed by atoms with Crippen molar-refractivity contribution in [1.29, 1.82) is 0 Å². The highest BCUT2D eigenvalue weighted by molar-refractivity contribution is 5.95. The molecule has 2 heterocycles. The predicted octanol–water partition coefficient (Wildman–Crippen LogP) is 3.76. The molecule has 0 unspecified atom stereocenters. The number of benzene rings is 2. The Morgan fingerprint density at radius 2 is 1.72 bits per heavy atom. The van der Waals surface area contributed by atoms with E-state index in [1.54, 1.807) is 17.0 Å². The van der Waals surface area contributed by atoms with Crippen LogP contribution in [-0.4, -0.2) is 51.9 Å². The van der Waals surface area contributed by atoms with E-state index < -0.39 is 4.92 Å². The number of non-ortho nitro benzene ring substituents is 1. The van der Waals surface area contributed by atoms with Crippen molar-refractivity contribution < 1.29 is 14.5 Å². The van der Waals surface area contributed by atoms with Crippen molar-refractivity contribution in [3.8, 4) is 11.6 Å². The lowest BCUT2D eigenvalue weighted by molar-refractivity contribution is -0.384. The van der Waals surface area contributed by atoms with Crippen LogP contribution in [0.5, 0.6) is 11.6 Å². The lowest BCUT2D eigenvalue weighted by Crippen LogP contribution is -2.49. The summed E-state index contributed by atoms with van der Waals surface area (Å²) in [6.45, 7) is 5.97. The first kappa shape index (κ1) is 21.2. The molecule has 1 aliphatic rings. The zero-order chi connectivity index (χ0) is 22.7. The zero-order valence-electron chi connectivity index (χ0n) is 17.9. The van der Waals surface area contributed by atoms with Crippen LogP contribution in [0.25, 0.3) is 0 Å². The van der Waals surface area contributed by atoms with Gasteiger partial charge in [-0.2, -0.15) is 4.98 Å². The minimum absolute atomic E-state index is 0.0907. The molecule has 2 aromatic carbocycles. The fraction of sp³-hybridized carbons (Fsp3) is 0.261. The van der Waals surface area contributed by atoms with E-state index in [-0.39, 0.29) is 11.6 Å². The number of amides is 1. The largest absolute Gasteiger partial charge is 0.439 e. The molecule has 0 bridgehead atoms. The molecular formula is C23H23N5O4. The van der Waals surface area contributed by atoms with Crippen molar-refractivity contribution in [1.82, 2.24) is 14.9 Å². The van der Waals surface area contributed by atoms with Gasteiger partial charge in [-0.3, -0.25) is 14.9 Å². The van der Waals surface area contributed by atoms with Gasteiger partial charge in [0.1, 0.15) is 17.4 Å². The van der Waals surface area contributed by atoms with Crippen molar-refractivity contribution in [3.63, 3.8) is 0 Å². The predicted molar refractivity (Wildman–Crippen MR) is 119 cm³/mol. The number of carbonyl (C=O) groups excluding carboxylic acids is 1. The molecule has 9 heteroatoms. The Kier molecular flexibility index (Phi) is 5.98. The quantitative estimate of drug-likeness (QED) is 0.446. The second-order valence-corrected chi connectivity index (χ2v) is 7.61. The number of hydrogen-bond donors (Lipinski definition) is 0. The molecule has 0 spiro atoms. The molecule has 1 fully saturated rings. The van der Waals surface area contributed by atoms with E-state index in [0.29, 0.717) is 49.2 Å². The number of ether oxygens (including phenoxy) is 1. The third-order valence-electron chi connectivity index (χ3n) is 5.24. The first-order chi connectivity index (χ1) is 15.4. The Morgan fingerprint density at radius 3 is 2.41 bits per heavy atom. The van der Waals surface area contributed by atoms with Crippen LogP contribution in [0.1, 0.15) is 21.7 Å². The van der Waals surface area contributed by atoms with Gasteiger partial charge in [0.15, 0.2) is 0 Å². The van der Waals surface area contributed by atoms with Crippen molar-refractivity contribution in [2.45, 2.75) is 13.8 Å². The summed E-state index contributed by atoms with van der Waals surface area (Å²) in [5.41, 5.74) is 1.38. The maximum atomic E-state index is 12.8. The van der Waals surface area contributed by atoms with Crippen LogP contribution in [0, 0.1) is 24.0 Å². The average Bonchev–Trinajstić information content (AvgIpc) is 2.80. The summed E-state index contributed by atoms with van der Waals surface area (Å²) in [6, 6.07) is 15.4. The summed E-state index contributed by atoms with van der Waals surface area (Å²) in [4.78, 5) is 36.0. The number of aromatic nitrogens is 2. The second kappa shape index (κ2) is 9.01. The normalized spacial score (nSPS) is 13.7. The molecular weight excluding hydrogens is 410 g/mol. The van der Waals surface area contributed by atoms with E-state index >= 15 is 0 Å². The van der Waals surface area contributed by atoms with Gasteiger partial charge in [0, 0.05) is 49.9 Å². The molecule has 164 valence electrons. The highest BCUT2D eigenvalue weighted by Gasteiger charge is 2.24. The van der Waals surface area contributed by atoms with E-state index in [2.05, 4.69) is 14.9 Å². The Balaban J connectivity index is 1.43. The van der Waals surface area contributed by atoms with Crippen LogP contribution in [0.4, 0.5) is 11.5 Å². The molecule has 1 amide bonds. The fourth-order valence-electron chi connectivity index (χ4n) is 3.54. The second-order valence-electron chi connectivity index (χ2n) is 7.61. The van der Waals surface area contributed by atoms with Crippen LogP contribution in [0.15, 0.2) is 54.6 Å². The molecule has 0 aliphatic carbocycles. The number of nitro benzene ring substituents is 1. The summed E-state index contributed by atoms with van der Waals surface area (Å²) >= 11 is 0. The molecule has 0 N–H and O–H groups in total. The summed E-state index contributed by atoms with van der Waals surface area (Å²) < 4.78 is 5.90. The van der Waals surface area contributed by atoms with E-state index in [1.807, 2.05) is 38.1 Å². The Morgan fingerprint density at radius 1 is 1.00 bits per heavy atom. The van der Waals surface area contributed by atoms with Crippen LogP contribution >= 0.6 is 0 Å². The summed E-state index contributed by atoms with van der Waals surface area (Å²) in [5.74, 6) is 2.29. The first-order valence-corrected chi connectivity index (χ1v) is 10.3. The minimum atomic E-state index is -0.498. The summed E-state index contributed by atoms with van der Waals surface area (Å²) in [7, 11) is 0. The lowest BCUT2D eigenvalue weighted by Gasteiger charge is -2.35. The Labute approximate surface area is 185 Å². The van der Waals surface area contributed by atoms with Gasteiger partial charge in [0.25, 0.3) is 11.6 Å². The first-order valence-electron chi connectivity index (χ1n) is 10.3. The number of nitro groups is 1. The number of carbonyl (C=O) groups is 1. The third kappa shape index (κ3) is 4.83. The lowest BCUT2D eigenvalue weighted by atomic mass is 10.1. The number of rotatable bonds is 5. The van der Waals surface area contributed by atoms with Gasteiger partial charge < -0.3 is 14.5 Å². The SMILES string of the molecule is Cc1ccc(Oc2cc(N3CCN(C(=O)c4cccc([N+](=O)[O-])c4)CC3)nc(C)n2)cc1. The van der Waals surface area contributed by atoms with Crippen LogP contribution < -0.4 is 9.64 Å². The zero-order valence-corrected chi connectivity index (χ0v) is 17.9. The Hall–Kier alpha value is -4.01. The molecule has 0 atom stereocenters. The smallest absolute Gasteiger partial charge is 0.270 e. The highest BCUT2D eigenvalue weighted by Crippen LogP contribution is 2.25. The summed E-state index contributed by atoms with van der Waals surface area (Å²) in [6.07, 6.45) is 0. The number of aryl methyl sites for hydroxylation is 2. The van der Waals surface area contributed by atoms with E-state index in [1.165, 1.54) is 18.2 Å². The van der Waals surface area contributed by atoms with Gasteiger partial charge in [0.05, 0.1) is 4.92 Å². The van der Waals surface area contributed by atoms with Crippen molar-refractivity contribution >= 4 is 17.4 Å². The molecule has 0 radical (unpaired) electrons. The molecule has 0 saturated carbocycles. The van der Waals surface area contributed by atoms with E-state index in [4.69, 9.17) is 4.74 Å². The molecule has 4 rings (SSSR count). The van der Waals surface area contributed by atoms with Gasteiger partial charge in [-0.1, -0.05) is 23.8 Å². The topological polar surface area (TPSA) is 102 Å². The van der Waals surface area contributed by atoms with Crippen LogP contribution in [0.3, 0.4) is 0 Å². The number of piperazine rings is 1. The van der Waals surface area contributed by atoms with Gasteiger partial charge in [-0.15, -0.1) is 0 Å². The highest BCUT2D eigenvalue weighted by atomic mass is 16.6. The number of hydrogen-bond acceptors (Lipinski definition) is 7. The maximum Gasteiger partial charge on any atom is 0.270 e. The van der Waals surface area contributed by atoms with Crippen molar-refractivity contribution in [2.75, 3.05) is 31.1 Å². The maximum absolute atomic E-state index is 12.8. The monoisotopic (exact) mass is 433 g/mol. The summed E-state index contributed by atoms with van der Waals surface area (Å²) in [5, 5.41) is 11.0. The molecule has 1 saturated heterocycles. The van der Waals surface area contributed by atoms with Gasteiger partial charge in [-0.25, -0.2) is 4.98 Å². The minimum Gasteiger partial charge on any atom is -0.439 e. The standard InChI is InChI=1S/C23H23N5O4/c1-16-6-8-20(9-7-16)32-22-15-21(24-17(2)25-22)26-10-12-27(13-11-26)23(29)18-4-3-5-19(14-18)28(30)31/h3-9,14-15H,10-13H2,1-2H3. The van der Waals surface area contributed by atoms with Crippen molar-refractivity contribution in [2.24, 2.45) is 0 Å². The fourth-order valence-corrected chi connectivity index (χ4v) is 3.54. The van der Waals surface area contributed by atoms with Crippen molar-refractivity contribution in [3.05, 3.63) is 81.7 Å². The molecule has 1 aromatic heterocycles. The van der Waals surface area contributed by atoms with E-state index in [9.17, 15) is 14.9 Å². The molecule has 32 heavy (non-hydrogen) atoms. The van der Waals surface area contributed by atoms with Crippen LogP contribution in [0.2, 0.25) is 0 Å². The molecule has 3 aromatic rings. The van der Waals surface area contributed by atoms with Gasteiger partial charge >= 0.3 is 0 Å². The average molecular weight is 433 g/mol. The Bertz CT molecular complexity index is 1140. The molecule has 1 aliphatic heterocycles. The third-order valence-corrected chi connectivity index (χ3v) is 5.24. The van der Waals surface area contributed by atoms with E-state index in [0.717, 1.165) is 11.4 Å². The number of nitrogens with zero attached hydrogens (tertiary/aromatic N) is 5.